The lowest BCUT2D eigenvalue weighted by molar-refractivity contribution is 0.570. The van der Waals surface area contributed by atoms with Gasteiger partial charge in [-0.05, 0) is 60.4 Å². The van der Waals surface area contributed by atoms with Crippen molar-refractivity contribution in [3.63, 3.8) is 0 Å². The summed E-state index contributed by atoms with van der Waals surface area (Å²) in [6, 6.07) is 17.7. The second-order valence-electron chi connectivity index (χ2n) is 6.91. The maximum absolute atomic E-state index is 13.2. The third kappa shape index (κ3) is 2.85. The highest BCUT2D eigenvalue weighted by atomic mass is 19.1. The van der Waals surface area contributed by atoms with Gasteiger partial charge in [0.2, 0.25) is 5.71 Å². The fourth-order valence-electron chi connectivity index (χ4n) is 3.65. The number of rotatable bonds is 2. The molecular weight excluding hydrogens is 355 g/mol. The van der Waals surface area contributed by atoms with Gasteiger partial charge >= 0.3 is 0 Å². The maximum Gasteiger partial charge on any atom is 0.265 e. The number of hydrogen-bond acceptors (Lipinski definition) is 3. The van der Waals surface area contributed by atoms with Gasteiger partial charge in [-0.25, -0.2) is 4.39 Å². The Balaban J connectivity index is 1.67. The molecule has 0 fully saturated rings. The number of furan rings is 1. The lowest BCUT2D eigenvalue weighted by Crippen LogP contribution is -2.27. The van der Waals surface area contributed by atoms with E-state index in [4.69, 9.17) is 4.42 Å². The van der Waals surface area contributed by atoms with Gasteiger partial charge in [-0.15, -0.1) is 0 Å². The minimum Gasteiger partial charge on any atom is -0.437 e. The number of aromatic nitrogens is 2. The summed E-state index contributed by atoms with van der Waals surface area (Å²) in [5, 5.41) is 0.448. The van der Waals surface area contributed by atoms with Crippen LogP contribution in [-0.4, -0.2) is 9.55 Å². The van der Waals surface area contributed by atoms with E-state index in [0.717, 1.165) is 24.0 Å². The van der Waals surface area contributed by atoms with Gasteiger partial charge in [0.05, 0.1) is 0 Å². The summed E-state index contributed by atoms with van der Waals surface area (Å²) in [6.07, 6.45) is 3.83. The largest absolute Gasteiger partial charge is 0.437 e. The Morgan fingerprint density at radius 1 is 1.07 bits per heavy atom. The zero-order chi connectivity index (χ0) is 19.1. The van der Waals surface area contributed by atoms with Crippen molar-refractivity contribution in [1.82, 2.24) is 9.55 Å². The molecule has 0 unspecified atom stereocenters. The first-order valence-corrected chi connectivity index (χ1v) is 9.25. The second-order valence-corrected chi connectivity index (χ2v) is 6.91. The van der Waals surface area contributed by atoms with Gasteiger partial charge in [0.1, 0.15) is 22.8 Å². The molecule has 5 heteroatoms. The third-order valence-electron chi connectivity index (χ3n) is 5.04. The molecular formula is C23H17FN2O2. The summed E-state index contributed by atoms with van der Waals surface area (Å²) in [6.45, 7) is 0.639. The molecule has 4 aromatic rings. The Morgan fingerprint density at radius 2 is 1.86 bits per heavy atom. The van der Waals surface area contributed by atoms with E-state index in [1.807, 2.05) is 30.3 Å². The molecule has 28 heavy (non-hydrogen) atoms. The molecule has 0 spiro atoms. The van der Waals surface area contributed by atoms with Crippen molar-refractivity contribution in [2.75, 3.05) is 0 Å². The number of halogens is 1. The summed E-state index contributed by atoms with van der Waals surface area (Å²) >= 11 is 0. The van der Waals surface area contributed by atoms with E-state index in [2.05, 4.69) is 11.1 Å². The van der Waals surface area contributed by atoms with E-state index in [9.17, 15) is 9.18 Å². The Morgan fingerprint density at radius 3 is 2.64 bits per heavy atom. The van der Waals surface area contributed by atoms with Crippen LogP contribution in [-0.2, 0) is 6.54 Å². The second kappa shape index (κ2) is 6.60. The van der Waals surface area contributed by atoms with Crippen LogP contribution in [0, 0.1) is 5.82 Å². The quantitative estimate of drug-likeness (QED) is 0.490. The van der Waals surface area contributed by atoms with E-state index in [-0.39, 0.29) is 11.4 Å². The Labute approximate surface area is 160 Å². The molecule has 3 heterocycles. The van der Waals surface area contributed by atoms with Gasteiger partial charge < -0.3 is 4.42 Å². The zero-order valence-electron chi connectivity index (χ0n) is 15.1. The van der Waals surface area contributed by atoms with Crippen LogP contribution in [0.5, 0.6) is 0 Å². The summed E-state index contributed by atoms with van der Waals surface area (Å²) in [4.78, 5) is 17.7. The summed E-state index contributed by atoms with van der Waals surface area (Å²) in [7, 11) is 0. The first-order valence-electron chi connectivity index (χ1n) is 9.25. The Bertz CT molecular complexity index is 1250. The number of hydrogen-bond donors (Lipinski definition) is 0. The molecule has 0 radical (unpaired) electrons. The molecule has 5 rings (SSSR count). The fraction of sp³-hybridized carbons (Fsp3) is 0.130. The predicted octanol–water partition coefficient (Wildman–Crippen LogP) is 5.13. The van der Waals surface area contributed by atoms with Crippen molar-refractivity contribution < 1.29 is 8.81 Å². The molecule has 0 amide bonds. The van der Waals surface area contributed by atoms with Crippen LogP contribution >= 0.6 is 0 Å². The molecule has 4 nitrogen and oxygen atoms in total. The lowest BCUT2D eigenvalue weighted by Gasteiger charge is -2.19. The van der Waals surface area contributed by atoms with Crippen LogP contribution in [0.25, 0.3) is 34.1 Å². The average Bonchev–Trinajstić information content (AvgIpc) is 3.15. The standard InChI is InChI=1S/C23H17FN2O2/c24-18-10-8-16(9-11-18)20-14-19-22(28-20)25-21-17(7-4-12-26(21)23(19)27)13-15-5-2-1-3-6-15/h1-3,5-6,8-11,13-14H,4,7,12H2/b17-13+. The predicted molar refractivity (Wildman–Crippen MR) is 107 cm³/mol. The monoisotopic (exact) mass is 372 g/mol. The highest BCUT2D eigenvalue weighted by molar-refractivity contribution is 5.84. The van der Waals surface area contributed by atoms with Crippen molar-refractivity contribution in [2.45, 2.75) is 19.4 Å². The lowest BCUT2D eigenvalue weighted by atomic mass is 10.0. The Kier molecular flexibility index (Phi) is 3.93. The van der Waals surface area contributed by atoms with E-state index < -0.39 is 0 Å². The number of nitrogens with zero attached hydrogens (tertiary/aromatic N) is 2. The number of allylic oxidation sites excluding steroid dienone is 1. The van der Waals surface area contributed by atoms with Crippen LogP contribution in [0.1, 0.15) is 24.2 Å². The number of benzene rings is 2. The molecule has 2 aromatic heterocycles. The van der Waals surface area contributed by atoms with E-state index >= 15 is 0 Å². The van der Waals surface area contributed by atoms with Crippen LogP contribution in [0.2, 0.25) is 0 Å². The van der Waals surface area contributed by atoms with Gasteiger partial charge in [-0.1, -0.05) is 30.3 Å². The molecule has 2 aromatic carbocycles. The van der Waals surface area contributed by atoms with E-state index in [0.29, 0.717) is 34.8 Å². The molecule has 0 aliphatic carbocycles. The van der Waals surface area contributed by atoms with Gasteiger partial charge in [0.25, 0.3) is 5.56 Å². The minimum atomic E-state index is -0.316. The highest BCUT2D eigenvalue weighted by Crippen LogP contribution is 2.30. The topological polar surface area (TPSA) is 48.0 Å². The molecule has 0 saturated heterocycles. The smallest absolute Gasteiger partial charge is 0.265 e. The summed E-state index contributed by atoms with van der Waals surface area (Å²) < 4.78 is 20.8. The van der Waals surface area contributed by atoms with E-state index in [1.54, 1.807) is 22.8 Å². The van der Waals surface area contributed by atoms with Crippen molar-refractivity contribution in [3.05, 3.63) is 88.2 Å². The molecule has 0 bridgehead atoms. The van der Waals surface area contributed by atoms with Crippen molar-refractivity contribution >= 4 is 22.7 Å². The first-order chi connectivity index (χ1) is 13.7. The van der Waals surface area contributed by atoms with Gasteiger partial charge in [0.15, 0.2) is 0 Å². The fourth-order valence-corrected chi connectivity index (χ4v) is 3.65. The minimum absolute atomic E-state index is 0.101. The van der Waals surface area contributed by atoms with Crippen LogP contribution < -0.4 is 5.56 Å². The van der Waals surface area contributed by atoms with Crippen molar-refractivity contribution in [3.8, 4) is 11.3 Å². The molecule has 1 aliphatic heterocycles. The maximum atomic E-state index is 13.2. The molecule has 0 N–H and O–H groups in total. The van der Waals surface area contributed by atoms with Crippen LogP contribution in [0.3, 0.4) is 0 Å². The van der Waals surface area contributed by atoms with Crippen molar-refractivity contribution in [2.24, 2.45) is 0 Å². The zero-order valence-corrected chi connectivity index (χ0v) is 15.1. The van der Waals surface area contributed by atoms with Crippen LogP contribution in [0.4, 0.5) is 4.39 Å². The van der Waals surface area contributed by atoms with Gasteiger partial charge in [0, 0.05) is 12.1 Å². The first kappa shape index (κ1) is 16.7. The third-order valence-corrected chi connectivity index (χ3v) is 5.04. The SMILES string of the molecule is O=c1c2cc(-c3ccc(F)cc3)oc2nc2n1CCC/C2=C\c1ccccc1. The van der Waals surface area contributed by atoms with Gasteiger partial charge in [-0.2, -0.15) is 4.98 Å². The molecule has 0 atom stereocenters. The van der Waals surface area contributed by atoms with Crippen molar-refractivity contribution in [1.29, 1.82) is 0 Å². The Hall–Kier alpha value is -3.47. The van der Waals surface area contributed by atoms with E-state index in [1.165, 1.54) is 12.1 Å². The normalized spacial score (nSPS) is 15.1. The van der Waals surface area contributed by atoms with Gasteiger partial charge in [-0.3, -0.25) is 9.36 Å². The van der Waals surface area contributed by atoms with Crippen LogP contribution in [0.15, 0.2) is 69.9 Å². The highest BCUT2D eigenvalue weighted by Gasteiger charge is 2.21. The molecule has 138 valence electrons. The average molecular weight is 372 g/mol. The molecule has 0 saturated carbocycles. The number of fused-ring (bicyclic) bond motifs is 2. The summed E-state index contributed by atoms with van der Waals surface area (Å²) in [5.41, 5.74) is 3.02. The summed E-state index contributed by atoms with van der Waals surface area (Å²) in [5.74, 6) is 0.855. The molecule has 1 aliphatic rings.